The van der Waals surface area contributed by atoms with Gasteiger partial charge < -0.3 is 15.4 Å². The van der Waals surface area contributed by atoms with Crippen LogP contribution in [0.5, 0.6) is 0 Å². The first-order valence-corrected chi connectivity index (χ1v) is 8.12. The van der Waals surface area contributed by atoms with Crippen molar-refractivity contribution in [3.8, 4) is 0 Å². The van der Waals surface area contributed by atoms with Gasteiger partial charge in [-0.3, -0.25) is 4.79 Å². The highest BCUT2D eigenvalue weighted by molar-refractivity contribution is 5.70. The standard InChI is InChI=1S/C16H25N3O2/c17-5-1-2-13(16(20)21)8-14-9-19(10-18-14)15-7-11-3-4-12(15)6-11/h9-13,15H,1-8,17H2,(H,20,21)/t11-,12+,13?,15+/m1/s1. The minimum Gasteiger partial charge on any atom is -0.481 e. The van der Waals surface area contributed by atoms with Gasteiger partial charge in [-0.2, -0.15) is 0 Å². The van der Waals surface area contributed by atoms with Gasteiger partial charge in [0.05, 0.1) is 17.9 Å². The lowest BCUT2D eigenvalue weighted by Crippen LogP contribution is -2.18. The molecule has 21 heavy (non-hydrogen) atoms. The molecule has 2 aliphatic carbocycles. The molecule has 0 amide bonds. The second kappa shape index (κ2) is 6.18. The van der Waals surface area contributed by atoms with Crippen LogP contribution in [0.15, 0.2) is 12.5 Å². The summed E-state index contributed by atoms with van der Waals surface area (Å²) in [5, 5.41) is 9.29. The van der Waals surface area contributed by atoms with Crippen LogP contribution in [0.2, 0.25) is 0 Å². The van der Waals surface area contributed by atoms with E-state index in [-0.39, 0.29) is 5.92 Å². The molecule has 5 nitrogen and oxygen atoms in total. The number of carboxylic acids is 1. The van der Waals surface area contributed by atoms with E-state index in [1.807, 2.05) is 6.33 Å². The van der Waals surface area contributed by atoms with Crippen molar-refractivity contribution in [2.24, 2.45) is 23.5 Å². The third-order valence-electron chi connectivity index (χ3n) is 5.30. The number of carbonyl (C=O) groups is 1. The fourth-order valence-corrected chi connectivity index (χ4v) is 4.17. The van der Waals surface area contributed by atoms with Crippen LogP contribution in [-0.4, -0.2) is 27.2 Å². The maximum atomic E-state index is 11.3. The number of aromatic nitrogens is 2. The van der Waals surface area contributed by atoms with Crippen LogP contribution >= 0.6 is 0 Å². The highest BCUT2D eigenvalue weighted by Gasteiger charge is 2.40. The van der Waals surface area contributed by atoms with E-state index in [4.69, 9.17) is 5.73 Å². The Balaban J connectivity index is 1.63. The number of carboxylic acid groups (broad SMARTS) is 1. The summed E-state index contributed by atoms with van der Waals surface area (Å²) >= 11 is 0. The minimum absolute atomic E-state index is 0.364. The van der Waals surface area contributed by atoms with Gasteiger partial charge in [-0.25, -0.2) is 4.98 Å². The summed E-state index contributed by atoms with van der Waals surface area (Å²) in [6.45, 7) is 0.545. The van der Waals surface area contributed by atoms with Gasteiger partial charge >= 0.3 is 5.97 Å². The monoisotopic (exact) mass is 291 g/mol. The second-order valence-corrected chi connectivity index (χ2v) is 6.72. The molecular formula is C16H25N3O2. The molecule has 1 aromatic rings. The third kappa shape index (κ3) is 3.12. The predicted molar refractivity (Wildman–Crippen MR) is 79.8 cm³/mol. The molecule has 2 bridgehead atoms. The molecule has 2 fully saturated rings. The lowest BCUT2D eigenvalue weighted by molar-refractivity contribution is -0.142. The average molecular weight is 291 g/mol. The fourth-order valence-electron chi connectivity index (χ4n) is 4.17. The molecule has 4 atom stereocenters. The Morgan fingerprint density at radius 1 is 1.48 bits per heavy atom. The number of nitrogens with two attached hydrogens (primary N) is 1. The molecule has 3 N–H and O–H groups in total. The maximum Gasteiger partial charge on any atom is 0.306 e. The van der Waals surface area contributed by atoms with Gasteiger partial charge in [0, 0.05) is 18.7 Å². The van der Waals surface area contributed by atoms with Crippen LogP contribution in [0.1, 0.15) is 50.3 Å². The molecule has 116 valence electrons. The molecule has 1 aromatic heterocycles. The molecule has 0 saturated heterocycles. The highest BCUT2D eigenvalue weighted by atomic mass is 16.4. The van der Waals surface area contributed by atoms with E-state index >= 15 is 0 Å². The molecule has 0 aliphatic heterocycles. The third-order valence-corrected chi connectivity index (χ3v) is 5.30. The van der Waals surface area contributed by atoms with Crippen molar-refractivity contribution in [3.63, 3.8) is 0 Å². The Bertz CT molecular complexity index is 499. The van der Waals surface area contributed by atoms with Crippen LogP contribution in [0, 0.1) is 17.8 Å². The lowest BCUT2D eigenvalue weighted by atomic mass is 9.95. The fraction of sp³-hybridized carbons (Fsp3) is 0.750. The summed E-state index contributed by atoms with van der Waals surface area (Å²) in [5.74, 6) is 0.613. The maximum absolute atomic E-state index is 11.3. The summed E-state index contributed by atoms with van der Waals surface area (Å²) in [5.41, 5.74) is 6.38. The molecular weight excluding hydrogens is 266 g/mol. The normalized spacial score (nSPS) is 28.9. The number of rotatable bonds is 7. The smallest absolute Gasteiger partial charge is 0.306 e. The second-order valence-electron chi connectivity index (χ2n) is 6.72. The number of fused-ring (bicyclic) bond motifs is 2. The summed E-state index contributed by atoms with van der Waals surface area (Å²) in [6, 6.07) is 0.595. The van der Waals surface area contributed by atoms with E-state index in [2.05, 4.69) is 15.7 Å². The van der Waals surface area contributed by atoms with Crippen molar-refractivity contribution in [1.29, 1.82) is 0 Å². The van der Waals surface area contributed by atoms with Crippen molar-refractivity contribution in [2.45, 2.75) is 51.0 Å². The van der Waals surface area contributed by atoms with E-state index in [0.717, 1.165) is 24.0 Å². The number of hydrogen-bond donors (Lipinski definition) is 2. The Hall–Kier alpha value is -1.36. The zero-order valence-corrected chi connectivity index (χ0v) is 12.4. The van der Waals surface area contributed by atoms with Gasteiger partial charge in [-0.1, -0.05) is 6.42 Å². The number of aliphatic carboxylic acids is 1. The first kappa shape index (κ1) is 14.6. The van der Waals surface area contributed by atoms with Crippen molar-refractivity contribution in [2.75, 3.05) is 6.54 Å². The SMILES string of the molecule is NCCCC(Cc1cn([C@H]2C[C@@H]3CC[C@H]2C3)cn1)C(=O)O. The largest absolute Gasteiger partial charge is 0.481 e. The van der Waals surface area contributed by atoms with Crippen molar-refractivity contribution in [1.82, 2.24) is 9.55 Å². The molecule has 1 unspecified atom stereocenters. The first-order valence-electron chi connectivity index (χ1n) is 8.12. The Labute approximate surface area is 125 Å². The van der Waals surface area contributed by atoms with Crippen LogP contribution in [0.4, 0.5) is 0 Å². The van der Waals surface area contributed by atoms with E-state index in [0.29, 0.717) is 25.4 Å². The van der Waals surface area contributed by atoms with E-state index in [1.54, 1.807) is 0 Å². The van der Waals surface area contributed by atoms with E-state index in [1.165, 1.54) is 25.7 Å². The number of hydrogen-bond acceptors (Lipinski definition) is 3. The van der Waals surface area contributed by atoms with Gasteiger partial charge in [-0.15, -0.1) is 0 Å². The van der Waals surface area contributed by atoms with Crippen LogP contribution in [0.3, 0.4) is 0 Å². The number of nitrogens with zero attached hydrogens (tertiary/aromatic N) is 2. The summed E-state index contributed by atoms with van der Waals surface area (Å²) < 4.78 is 2.24. The topological polar surface area (TPSA) is 81.1 Å². The highest BCUT2D eigenvalue weighted by Crippen LogP contribution is 2.50. The van der Waals surface area contributed by atoms with E-state index < -0.39 is 5.97 Å². The molecule has 5 heteroatoms. The van der Waals surface area contributed by atoms with Gasteiger partial charge in [0.15, 0.2) is 0 Å². The molecule has 1 heterocycles. The Kier molecular flexibility index (Phi) is 4.29. The molecule has 0 spiro atoms. The minimum atomic E-state index is -0.738. The molecule has 0 radical (unpaired) electrons. The molecule has 2 saturated carbocycles. The van der Waals surface area contributed by atoms with Crippen molar-refractivity contribution < 1.29 is 9.90 Å². The van der Waals surface area contributed by atoms with Crippen molar-refractivity contribution in [3.05, 3.63) is 18.2 Å². The van der Waals surface area contributed by atoms with Gasteiger partial charge in [-0.05, 0) is 50.5 Å². The Morgan fingerprint density at radius 2 is 2.33 bits per heavy atom. The lowest BCUT2D eigenvalue weighted by Gasteiger charge is -2.22. The summed E-state index contributed by atoms with van der Waals surface area (Å²) in [7, 11) is 0. The van der Waals surface area contributed by atoms with Gasteiger partial charge in [0.1, 0.15) is 0 Å². The Morgan fingerprint density at radius 3 is 2.95 bits per heavy atom. The predicted octanol–water partition coefficient (Wildman–Crippen LogP) is 2.23. The van der Waals surface area contributed by atoms with Crippen molar-refractivity contribution >= 4 is 5.97 Å². The molecule has 0 aromatic carbocycles. The van der Waals surface area contributed by atoms with Gasteiger partial charge in [0.2, 0.25) is 0 Å². The van der Waals surface area contributed by atoms with Crippen LogP contribution < -0.4 is 5.73 Å². The van der Waals surface area contributed by atoms with Gasteiger partial charge in [0.25, 0.3) is 0 Å². The zero-order chi connectivity index (χ0) is 14.8. The molecule has 2 aliphatic rings. The van der Waals surface area contributed by atoms with Crippen LogP contribution in [0.25, 0.3) is 0 Å². The number of imidazole rings is 1. The van der Waals surface area contributed by atoms with E-state index in [9.17, 15) is 9.90 Å². The zero-order valence-electron chi connectivity index (χ0n) is 12.4. The summed E-state index contributed by atoms with van der Waals surface area (Å²) in [4.78, 5) is 15.7. The molecule has 3 rings (SSSR count). The average Bonchev–Trinajstić information content (AvgIpc) is 3.18. The summed E-state index contributed by atoms with van der Waals surface area (Å²) in [6.07, 6.45) is 11.3. The van der Waals surface area contributed by atoms with Crippen LogP contribution in [-0.2, 0) is 11.2 Å². The first-order chi connectivity index (χ1) is 10.2. The quantitative estimate of drug-likeness (QED) is 0.807.